The average Bonchev–Trinajstić information content (AvgIpc) is 2.33. The first-order valence-electron chi connectivity index (χ1n) is 6.12. The third-order valence-electron chi connectivity index (χ3n) is 2.53. The van der Waals surface area contributed by atoms with E-state index in [4.69, 9.17) is 20.3 Å². The first-order chi connectivity index (χ1) is 8.16. The van der Waals surface area contributed by atoms with E-state index in [1.54, 1.807) is 12.2 Å². The second-order valence-corrected chi connectivity index (χ2v) is 7.39. The van der Waals surface area contributed by atoms with Crippen LogP contribution in [0.4, 0.5) is 0 Å². The molecule has 0 spiro atoms. The van der Waals surface area contributed by atoms with Gasteiger partial charge < -0.3 is 20.3 Å². The second kappa shape index (κ2) is 9.56. The topological polar surface area (TPSA) is 70.5 Å². The van der Waals surface area contributed by atoms with E-state index in [-0.39, 0.29) is 5.67 Å². The summed E-state index contributed by atoms with van der Waals surface area (Å²) in [7, 11) is -2.41. The lowest BCUT2D eigenvalue weighted by Crippen LogP contribution is -2.58. The van der Waals surface area contributed by atoms with Crippen molar-refractivity contribution in [1.82, 2.24) is 0 Å². The fraction of sp³-hybridized carbons (Fsp3) is 0.667. The molecular weight excluding hydrogens is 232 g/mol. The Morgan fingerprint density at radius 3 is 2.12 bits per heavy atom. The maximum atomic E-state index is 6.19. The quantitative estimate of drug-likeness (QED) is 0.435. The summed E-state index contributed by atoms with van der Waals surface area (Å²) in [6, 6.07) is 0.871. The Kier molecular flexibility index (Phi) is 9.29. The first-order valence-corrected chi connectivity index (χ1v) is 8.22. The smallest absolute Gasteiger partial charge is 0.356 e. The fourth-order valence-corrected chi connectivity index (χ4v) is 5.01. The molecule has 4 nitrogen and oxygen atoms in total. The van der Waals surface area contributed by atoms with Crippen LogP contribution >= 0.6 is 0 Å². The molecule has 0 aromatic carbocycles. The SMILES string of the molecule is C=CCO[Si](CCC)(OCC=C)C(N)CCN. The van der Waals surface area contributed by atoms with Gasteiger partial charge in [-0.25, -0.2) is 0 Å². The van der Waals surface area contributed by atoms with E-state index >= 15 is 0 Å². The summed E-state index contributed by atoms with van der Waals surface area (Å²) in [5.74, 6) is 0. The summed E-state index contributed by atoms with van der Waals surface area (Å²) in [5.41, 5.74) is 11.7. The van der Waals surface area contributed by atoms with Crippen molar-refractivity contribution in [3.8, 4) is 0 Å². The van der Waals surface area contributed by atoms with Gasteiger partial charge in [0.15, 0.2) is 0 Å². The molecule has 1 atom stereocenters. The van der Waals surface area contributed by atoms with Crippen molar-refractivity contribution in [3.05, 3.63) is 25.3 Å². The maximum Gasteiger partial charge on any atom is 0.356 e. The molecule has 5 heteroatoms. The van der Waals surface area contributed by atoms with Gasteiger partial charge in [0, 0.05) is 5.67 Å². The summed E-state index contributed by atoms with van der Waals surface area (Å²) in [4.78, 5) is 0. The number of hydrogen-bond acceptors (Lipinski definition) is 4. The maximum absolute atomic E-state index is 6.19. The molecule has 0 aromatic rings. The van der Waals surface area contributed by atoms with Gasteiger partial charge in [0.1, 0.15) is 0 Å². The Labute approximate surface area is 106 Å². The van der Waals surface area contributed by atoms with Gasteiger partial charge in [-0.3, -0.25) is 0 Å². The minimum absolute atomic E-state index is 0.104. The standard InChI is InChI=1S/C12H26N2O2Si/c1-4-9-15-17(11-6-3,16-10-5-2)12(14)7-8-13/h4-5,12H,1-2,6-11,13-14H2,3H3. The van der Waals surface area contributed by atoms with E-state index in [2.05, 4.69) is 20.1 Å². The van der Waals surface area contributed by atoms with Crippen LogP contribution in [0, 0.1) is 0 Å². The van der Waals surface area contributed by atoms with Crippen molar-refractivity contribution in [2.24, 2.45) is 11.5 Å². The molecule has 0 saturated carbocycles. The zero-order valence-corrected chi connectivity index (χ0v) is 11.9. The molecule has 0 aliphatic carbocycles. The molecule has 100 valence electrons. The van der Waals surface area contributed by atoms with Crippen molar-refractivity contribution in [2.75, 3.05) is 19.8 Å². The van der Waals surface area contributed by atoms with E-state index in [1.165, 1.54) is 0 Å². The Hall–Kier alpha value is -0.463. The van der Waals surface area contributed by atoms with Crippen LogP contribution in [0.25, 0.3) is 0 Å². The molecule has 0 aliphatic heterocycles. The van der Waals surface area contributed by atoms with E-state index in [0.717, 1.165) is 18.9 Å². The van der Waals surface area contributed by atoms with Gasteiger partial charge in [-0.2, -0.15) is 0 Å². The molecule has 0 rings (SSSR count). The highest BCUT2D eigenvalue weighted by atomic mass is 28.4. The highest BCUT2D eigenvalue weighted by Crippen LogP contribution is 2.21. The molecule has 17 heavy (non-hydrogen) atoms. The van der Waals surface area contributed by atoms with Gasteiger partial charge in [0.2, 0.25) is 0 Å². The number of rotatable bonds is 11. The summed E-state index contributed by atoms with van der Waals surface area (Å²) in [6.07, 6.45) is 5.16. The molecule has 0 radical (unpaired) electrons. The van der Waals surface area contributed by atoms with Crippen molar-refractivity contribution < 1.29 is 8.85 Å². The zero-order valence-electron chi connectivity index (χ0n) is 10.9. The monoisotopic (exact) mass is 258 g/mol. The molecule has 0 aromatic heterocycles. The molecule has 0 saturated heterocycles. The lowest BCUT2D eigenvalue weighted by atomic mass is 10.4. The van der Waals surface area contributed by atoms with Crippen LogP contribution in [0.2, 0.25) is 6.04 Å². The predicted octanol–water partition coefficient (Wildman–Crippen LogP) is 1.46. The zero-order chi connectivity index (χ0) is 13.1. The van der Waals surface area contributed by atoms with Crippen LogP contribution in [0.1, 0.15) is 19.8 Å². The molecule has 0 bridgehead atoms. The Morgan fingerprint density at radius 1 is 1.24 bits per heavy atom. The average molecular weight is 258 g/mol. The van der Waals surface area contributed by atoms with Crippen LogP contribution in [0.5, 0.6) is 0 Å². The Bertz CT molecular complexity index is 213. The van der Waals surface area contributed by atoms with Crippen molar-refractivity contribution in [3.63, 3.8) is 0 Å². The third kappa shape index (κ3) is 5.61. The molecule has 0 aliphatic rings. The molecular formula is C12H26N2O2Si. The minimum Gasteiger partial charge on any atom is -0.389 e. The number of hydrogen-bond donors (Lipinski definition) is 2. The van der Waals surface area contributed by atoms with Gasteiger partial charge in [0.25, 0.3) is 0 Å². The molecule has 0 heterocycles. The molecule has 4 N–H and O–H groups in total. The van der Waals surface area contributed by atoms with Gasteiger partial charge >= 0.3 is 8.56 Å². The second-order valence-electron chi connectivity index (χ2n) is 3.95. The van der Waals surface area contributed by atoms with Crippen molar-refractivity contribution in [1.29, 1.82) is 0 Å². The van der Waals surface area contributed by atoms with E-state index in [1.807, 2.05) is 0 Å². The summed E-state index contributed by atoms with van der Waals surface area (Å²) < 4.78 is 11.8. The molecule has 0 fully saturated rings. The van der Waals surface area contributed by atoms with Gasteiger partial charge in [-0.1, -0.05) is 25.5 Å². The van der Waals surface area contributed by atoms with Crippen molar-refractivity contribution >= 4 is 8.56 Å². The third-order valence-corrected chi connectivity index (χ3v) is 6.46. The Morgan fingerprint density at radius 2 is 1.76 bits per heavy atom. The van der Waals surface area contributed by atoms with Crippen molar-refractivity contribution in [2.45, 2.75) is 31.5 Å². The Balaban J connectivity index is 4.76. The molecule has 1 unspecified atom stereocenters. The van der Waals surface area contributed by atoms with Crippen LogP contribution in [0.15, 0.2) is 25.3 Å². The summed E-state index contributed by atoms with van der Waals surface area (Å²) in [5, 5.41) is 0. The summed E-state index contributed by atoms with van der Waals surface area (Å²) >= 11 is 0. The van der Waals surface area contributed by atoms with Gasteiger partial charge in [0.05, 0.1) is 13.2 Å². The molecule has 0 amide bonds. The summed E-state index contributed by atoms with van der Waals surface area (Å²) in [6.45, 7) is 10.9. The van der Waals surface area contributed by atoms with Crippen LogP contribution in [-0.4, -0.2) is 34.0 Å². The van der Waals surface area contributed by atoms with Gasteiger partial charge in [-0.15, -0.1) is 13.2 Å². The fourth-order valence-electron chi connectivity index (χ4n) is 1.73. The first kappa shape index (κ1) is 16.5. The highest BCUT2D eigenvalue weighted by Gasteiger charge is 2.42. The van der Waals surface area contributed by atoms with E-state index in [9.17, 15) is 0 Å². The lowest BCUT2D eigenvalue weighted by molar-refractivity contribution is 0.188. The van der Waals surface area contributed by atoms with Crippen LogP contribution in [-0.2, 0) is 8.85 Å². The number of nitrogens with two attached hydrogens (primary N) is 2. The minimum atomic E-state index is -2.41. The van der Waals surface area contributed by atoms with Crippen LogP contribution < -0.4 is 11.5 Å². The lowest BCUT2D eigenvalue weighted by Gasteiger charge is -2.34. The van der Waals surface area contributed by atoms with Gasteiger partial charge in [-0.05, 0) is 19.0 Å². The largest absolute Gasteiger partial charge is 0.389 e. The predicted molar refractivity (Wildman–Crippen MR) is 74.8 cm³/mol. The van der Waals surface area contributed by atoms with E-state index < -0.39 is 8.56 Å². The van der Waals surface area contributed by atoms with E-state index in [0.29, 0.717) is 19.8 Å². The highest BCUT2D eigenvalue weighted by molar-refractivity contribution is 6.69. The normalized spacial score (nSPS) is 13.4. The van der Waals surface area contributed by atoms with Crippen LogP contribution in [0.3, 0.4) is 0 Å².